The largest absolute Gasteiger partial charge is 0.382 e. The first-order valence-corrected chi connectivity index (χ1v) is 5.93. The van der Waals surface area contributed by atoms with Crippen molar-refractivity contribution in [3.8, 4) is 5.75 Å². The molecule has 1 rings (SSSR count). The number of rotatable bonds is 4. The van der Waals surface area contributed by atoms with Crippen molar-refractivity contribution >= 4 is 10.1 Å². The van der Waals surface area contributed by atoms with Gasteiger partial charge in [0.1, 0.15) is 5.75 Å². The molecule has 0 saturated carbocycles. The number of allylic oxidation sites excluding steroid dienone is 1. The summed E-state index contributed by atoms with van der Waals surface area (Å²) in [6, 6.07) is 6.99. The van der Waals surface area contributed by atoms with E-state index in [2.05, 4.69) is 6.58 Å². The zero-order valence-corrected chi connectivity index (χ0v) is 8.75. The van der Waals surface area contributed by atoms with Crippen molar-refractivity contribution in [3.05, 3.63) is 42.5 Å². The van der Waals surface area contributed by atoms with E-state index in [4.69, 9.17) is 4.18 Å². The molecule has 1 aromatic carbocycles. The third kappa shape index (κ3) is 3.22. The number of hydrogen-bond donors (Lipinski definition) is 0. The van der Waals surface area contributed by atoms with Crippen LogP contribution in [0.3, 0.4) is 0 Å². The molecule has 1 aromatic rings. The molecule has 0 heterocycles. The lowest BCUT2D eigenvalue weighted by molar-refractivity contribution is 0.490. The average Bonchev–Trinajstić information content (AvgIpc) is 2.06. The van der Waals surface area contributed by atoms with Gasteiger partial charge in [-0.05, 0) is 18.1 Å². The van der Waals surface area contributed by atoms with Gasteiger partial charge in [0.25, 0.3) is 0 Å². The van der Waals surface area contributed by atoms with Crippen LogP contribution in [0.2, 0.25) is 0 Å². The second-order valence-electron chi connectivity index (χ2n) is 2.89. The molecule has 76 valence electrons. The molecule has 4 heteroatoms. The van der Waals surface area contributed by atoms with Crippen LogP contribution in [0, 0.1) is 0 Å². The zero-order valence-electron chi connectivity index (χ0n) is 7.93. The molecular formula is C10H12O3S. The van der Waals surface area contributed by atoms with Gasteiger partial charge in [-0.3, -0.25) is 0 Å². The van der Waals surface area contributed by atoms with Gasteiger partial charge in [0.15, 0.2) is 0 Å². The Labute approximate surface area is 84.1 Å². The summed E-state index contributed by atoms with van der Waals surface area (Å²) in [6.45, 7) is 3.59. The highest BCUT2D eigenvalue weighted by Gasteiger charge is 2.07. The molecule has 0 spiro atoms. The van der Waals surface area contributed by atoms with E-state index in [1.807, 2.05) is 12.1 Å². The van der Waals surface area contributed by atoms with Gasteiger partial charge in [-0.2, -0.15) is 8.42 Å². The fourth-order valence-corrected chi connectivity index (χ4v) is 1.56. The minimum absolute atomic E-state index is 0.370. The van der Waals surface area contributed by atoms with Gasteiger partial charge in [-0.25, -0.2) is 0 Å². The molecule has 0 aliphatic carbocycles. The molecule has 0 aliphatic heterocycles. The SMILES string of the molecule is C=CCc1ccccc1OS(C)(=O)=O. The molecule has 0 fully saturated rings. The second-order valence-corrected chi connectivity index (χ2v) is 4.46. The van der Waals surface area contributed by atoms with Gasteiger partial charge in [0.2, 0.25) is 0 Å². The van der Waals surface area contributed by atoms with E-state index in [0.29, 0.717) is 12.2 Å². The Kier molecular flexibility index (Phi) is 3.30. The molecule has 0 radical (unpaired) electrons. The summed E-state index contributed by atoms with van der Waals surface area (Å²) >= 11 is 0. The maximum Gasteiger partial charge on any atom is 0.306 e. The van der Waals surface area contributed by atoms with Crippen LogP contribution in [-0.2, 0) is 16.5 Å². The Balaban J connectivity index is 3.01. The van der Waals surface area contributed by atoms with E-state index in [9.17, 15) is 8.42 Å². The van der Waals surface area contributed by atoms with Gasteiger partial charge < -0.3 is 4.18 Å². The van der Waals surface area contributed by atoms with Crippen molar-refractivity contribution < 1.29 is 12.6 Å². The van der Waals surface area contributed by atoms with Gasteiger partial charge in [0.05, 0.1) is 6.26 Å². The maximum absolute atomic E-state index is 10.9. The van der Waals surface area contributed by atoms with Crippen molar-refractivity contribution in [2.45, 2.75) is 6.42 Å². The van der Waals surface area contributed by atoms with Crippen LogP contribution in [0.1, 0.15) is 5.56 Å². The Morgan fingerprint density at radius 1 is 1.43 bits per heavy atom. The Morgan fingerprint density at radius 3 is 2.64 bits per heavy atom. The van der Waals surface area contributed by atoms with Crippen molar-refractivity contribution in [2.75, 3.05) is 6.26 Å². The van der Waals surface area contributed by atoms with Crippen molar-refractivity contribution in [1.82, 2.24) is 0 Å². The lowest BCUT2D eigenvalue weighted by Crippen LogP contribution is -2.07. The smallest absolute Gasteiger partial charge is 0.306 e. The molecule has 0 saturated heterocycles. The van der Waals surface area contributed by atoms with E-state index in [0.717, 1.165) is 11.8 Å². The van der Waals surface area contributed by atoms with Crippen LogP contribution in [0.15, 0.2) is 36.9 Å². The molecule has 0 bridgehead atoms. The number of hydrogen-bond acceptors (Lipinski definition) is 3. The average molecular weight is 212 g/mol. The molecule has 0 atom stereocenters. The first-order valence-electron chi connectivity index (χ1n) is 4.11. The molecule has 0 unspecified atom stereocenters. The lowest BCUT2D eigenvalue weighted by atomic mass is 10.1. The van der Waals surface area contributed by atoms with Crippen molar-refractivity contribution in [2.24, 2.45) is 0 Å². The Morgan fingerprint density at radius 2 is 2.07 bits per heavy atom. The highest BCUT2D eigenvalue weighted by molar-refractivity contribution is 7.86. The van der Waals surface area contributed by atoms with Crippen molar-refractivity contribution in [3.63, 3.8) is 0 Å². The maximum atomic E-state index is 10.9. The quantitative estimate of drug-likeness (QED) is 0.564. The first kappa shape index (κ1) is 10.8. The standard InChI is InChI=1S/C10H12O3S/c1-3-6-9-7-4-5-8-10(9)13-14(2,11)12/h3-5,7-8H,1,6H2,2H3. The molecule has 0 aliphatic rings. The van der Waals surface area contributed by atoms with Gasteiger partial charge in [-0.1, -0.05) is 24.3 Å². The molecule has 0 N–H and O–H groups in total. The highest BCUT2D eigenvalue weighted by Crippen LogP contribution is 2.19. The molecule has 3 nitrogen and oxygen atoms in total. The van der Waals surface area contributed by atoms with Gasteiger partial charge >= 0.3 is 10.1 Å². The van der Waals surface area contributed by atoms with Crippen LogP contribution in [-0.4, -0.2) is 14.7 Å². The minimum atomic E-state index is -3.45. The van der Waals surface area contributed by atoms with Gasteiger partial charge in [0, 0.05) is 0 Å². The fraction of sp³-hybridized carbons (Fsp3) is 0.200. The van der Waals surface area contributed by atoms with Crippen molar-refractivity contribution in [1.29, 1.82) is 0 Å². The molecular weight excluding hydrogens is 200 g/mol. The third-order valence-corrected chi connectivity index (χ3v) is 2.06. The monoisotopic (exact) mass is 212 g/mol. The molecule has 0 aromatic heterocycles. The third-order valence-electron chi connectivity index (χ3n) is 1.58. The van der Waals surface area contributed by atoms with Crippen LogP contribution in [0.4, 0.5) is 0 Å². The lowest BCUT2D eigenvalue weighted by Gasteiger charge is -2.06. The molecule has 14 heavy (non-hydrogen) atoms. The Hall–Kier alpha value is -1.29. The minimum Gasteiger partial charge on any atom is -0.382 e. The predicted octanol–water partition coefficient (Wildman–Crippen LogP) is 1.75. The van der Waals surface area contributed by atoms with Crippen LogP contribution >= 0.6 is 0 Å². The second kappa shape index (κ2) is 4.28. The topological polar surface area (TPSA) is 43.4 Å². The number of para-hydroxylation sites is 1. The normalized spacial score (nSPS) is 10.9. The summed E-state index contributed by atoms with van der Waals surface area (Å²) in [5.41, 5.74) is 0.813. The molecule has 0 amide bonds. The highest BCUT2D eigenvalue weighted by atomic mass is 32.2. The summed E-state index contributed by atoms with van der Waals surface area (Å²) in [7, 11) is -3.45. The van der Waals surface area contributed by atoms with E-state index in [-0.39, 0.29) is 0 Å². The first-order chi connectivity index (χ1) is 6.53. The summed E-state index contributed by atoms with van der Waals surface area (Å²) in [5.74, 6) is 0.370. The van der Waals surface area contributed by atoms with Crippen LogP contribution in [0.25, 0.3) is 0 Å². The van der Waals surface area contributed by atoms with Crippen LogP contribution in [0.5, 0.6) is 5.75 Å². The van der Waals surface area contributed by atoms with E-state index in [1.165, 1.54) is 0 Å². The Bertz CT molecular complexity index is 421. The van der Waals surface area contributed by atoms with Crippen LogP contribution < -0.4 is 4.18 Å². The number of benzene rings is 1. The zero-order chi connectivity index (χ0) is 10.6. The fourth-order valence-electron chi connectivity index (χ4n) is 1.07. The van der Waals surface area contributed by atoms with E-state index < -0.39 is 10.1 Å². The van der Waals surface area contributed by atoms with Gasteiger partial charge in [-0.15, -0.1) is 6.58 Å². The van der Waals surface area contributed by atoms with E-state index >= 15 is 0 Å². The summed E-state index contributed by atoms with van der Waals surface area (Å²) in [5, 5.41) is 0. The predicted molar refractivity (Wildman–Crippen MR) is 55.8 cm³/mol. The van der Waals surface area contributed by atoms with E-state index in [1.54, 1.807) is 18.2 Å². The summed E-state index contributed by atoms with van der Waals surface area (Å²) in [4.78, 5) is 0. The summed E-state index contributed by atoms with van der Waals surface area (Å²) < 4.78 is 26.6. The summed E-state index contributed by atoms with van der Waals surface area (Å²) in [6.07, 6.45) is 3.31.